The summed E-state index contributed by atoms with van der Waals surface area (Å²) >= 11 is 0. The standard InChI is InChI=1S/C14H14N4O2/c1-17-10-4-2-3-5-11(10)18(14(17)19)8-12-15-13(16-20-12)9-6-7-9/h2-5,9H,6-8H2,1H3. The highest BCUT2D eigenvalue weighted by molar-refractivity contribution is 5.75. The Morgan fingerprint density at radius 2 is 2.05 bits per heavy atom. The van der Waals surface area contributed by atoms with Gasteiger partial charge in [-0.05, 0) is 25.0 Å². The molecular formula is C14H14N4O2. The van der Waals surface area contributed by atoms with Crippen molar-refractivity contribution in [2.45, 2.75) is 25.3 Å². The fourth-order valence-corrected chi connectivity index (χ4v) is 2.49. The third kappa shape index (κ3) is 1.68. The van der Waals surface area contributed by atoms with Gasteiger partial charge in [-0.25, -0.2) is 4.79 Å². The first-order valence-electron chi connectivity index (χ1n) is 6.71. The first-order chi connectivity index (χ1) is 9.74. The Kier molecular flexibility index (Phi) is 2.33. The van der Waals surface area contributed by atoms with Gasteiger partial charge in [-0.2, -0.15) is 4.98 Å². The molecule has 6 heteroatoms. The number of benzene rings is 1. The van der Waals surface area contributed by atoms with Crippen LogP contribution in [0.2, 0.25) is 0 Å². The van der Waals surface area contributed by atoms with E-state index in [0.717, 1.165) is 29.7 Å². The summed E-state index contributed by atoms with van der Waals surface area (Å²) in [5.74, 6) is 1.72. The number of hydrogen-bond acceptors (Lipinski definition) is 4. The Morgan fingerprint density at radius 1 is 1.30 bits per heavy atom. The van der Waals surface area contributed by atoms with Crippen molar-refractivity contribution in [3.05, 3.63) is 46.5 Å². The summed E-state index contributed by atoms with van der Waals surface area (Å²) in [6.45, 7) is 0.319. The predicted molar refractivity (Wildman–Crippen MR) is 72.6 cm³/mol. The second-order valence-electron chi connectivity index (χ2n) is 5.24. The molecule has 0 N–H and O–H groups in total. The minimum Gasteiger partial charge on any atom is -0.337 e. The molecule has 0 radical (unpaired) electrons. The number of nitrogens with zero attached hydrogens (tertiary/aromatic N) is 4. The van der Waals surface area contributed by atoms with E-state index < -0.39 is 0 Å². The third-order valence-corrected chi connectivity index (χ3v) is 3.77. The van der Waals surface area contributed by atoms with Crippen LogP contribution in [-0.2, 0) is 13.6 Å². The number of para-hydroxylation sites is 2. The molecule has 0 aliphatic heterocycles. The molecule has 3 aromatic rings. The van der Waals surface area contributed by atoms with E-state index in [4.69, 9.17) is 4.52 Å². The molecule has 0 bridgehead atoms. The van der Waals surface area contributed by atoms with Gasteiger partial charge in [0.05, 0.1) is 11.0 Å². The van der Waals surface area contributed by atoms with Crippen molar-refractivity contribution in [1.82, 2.24) is 19.3 Å². The Morgan fingerprint density at radius 3 is 2.80 bits per heavy atom. The lowest BCUT2D eigenvalue weighted by Gasteiger charge is -1.97. The quantitative estimate of drug-likeness (QED) is 0.725. The molecule has 1 aromatic carbocycles. The lowest BCUT2D eigenvalue weighted by molar-refractivity contribution is 0.366. The molecule has 0 spiro atoms. The Bertz CT molecular complexity index is 838. The van der Waals surface area contributed by atoms with Crippen molar-refractivity contribution in [3.63, 3.8) is 0 Å². The van der Waals surface area contributed by atoms with E-state index in [1.54, 1.807) is 16.2 Å². The number of aromatic nitrogens is 4. The van der Waals surface area contributed by atoms with Gasteiger partial charge in [-0.3, -0.25) is 9.13 Å². The molecule has 1 aliphatic carbocycles. The number of imidazole rings is 1. The van der Waals surface area contributed by atoms with Crippen LogP contribution in [0.1, 0.15) is 30.5 Å². The maximum Gasteiger partial charge on any atom is 0.329 e. The minimum absolute atomic E-state index is 0.0719. The fourth-order valence-electron chi connectivity index (χ4n) is 2.49. The Hall–Kier alpha value is -2.37. The minimum atomic E-state index is -0.0719. The van der Waals surface area contributed by atoms with Crippen LogP contribution in [0.4, 0.5) is 0 Å². The van der Waals surface area contributed by atoms with Crippen LogP contribution >= 0.6 is 0 Å². The summed E-state index contributed by atoms with van der Waals surface area (Å²) < 4.78 is 8.55. The first-order valence-corrected chi connectivity index (χ1v) is 6.71. The van der Waals surface area contributed by atoms with Crippen LogP contribution in [0.5, 0.6) is 0 Å². The van der Waals surface area contributed by atoms with Gasteiger partial charge in [0.25, 0.3) is 0 Å². The number of aryl methyl sites for hydroxylation is 1. The average Bonchev–Trinajstić information content (AvgIpc) is 3.18. The summed E-state index contributed by atoms with van der Waals surface area (Å²) in [7, 11) is 1.77. The number of fused-ring (bicyclic) bond motifs is 1. The zero-order valence-electron chi connectivity index (χ0n) is 11.1. The van der Waals surface area contributed by atoms with Crippen molar-refractivity contribution < 1.29 is 4.52 Å². The van der Waals surface area contributed by atoms with Gasteiger partial charge in [0, 0.05) is 13.0 Å². The maximum atomic E-state index is 12.3. The fraction of sp³-hybridized carbons (Fsp3) is 0.357. The summed E-state index contributed by atoms with van der Waals surface area (Å²) in [6, 6.07) is 7.69. The summed E-state index contributed by atoms with van der Waals surface area (Å²) in [4.78, 5) is 16.7. The van der Waals surface area contributed by atoms with Gasteiger partial charge in [-0.1, -0.05) is 17.3 Å². The molecule has 1 fully saturated rings. The topological polar surface area (TPSA) is 65.8 Å². The SMILES string of the molecule is Cn1c(=O)n(Cc2nc(C3CC3)no2)c2ccccc21. The molecule has 2 aromatic heterocycles. The van der Waals surface area contributed by atoms with Crippen molar-refractivity contribution in [2.75, 3.05) is 0 Å². The molecule has 1 saturated carbocycles. The molecule has 0 atom stereocenters. The van der Waals surface area contributed by atoms with E-state index in [1.165, 1.54) is 0 Å². The van der Waals surface area contributed by atoms with Crippen LogP contribution < -0.4 is 5.69 Å². The molecular weight excluding hydrogens is 256 g/mol. The van der Waals surface area contributed by atoms with Crippen molar-refractivity contribution in [2.24, 2.45) is 7.05 Å². The Labute approximate surface area is 114 Å². The van der Waals surface area contributed by atoms with E-state index in [9.17, 15) is 4.79 Å². The normalized spacial score (nSPS) is 15.1. The average molecular weight is 270 g/mol. The van der Waals surface area contributed by atoms with Gasteiger partial charge >= 0.3 is 5.69 Å². The van der Waals surface area contributed by atoms with Crippen LogP contribution in [0.3, 0.4) is 0 Å². The number of hydrogen-bond donors (Lipinski definition) is 0. The van der Waals surface area contributed by atoms with Crippen molar-refractivity contribution >= 4 is 11.0 Å². The number of rotatable bonds is 3. The maximum absolute atomic E-state index is 12.3. The molecule has 0 saturated heterocycles. The summed E-state index contributed by atoms with van der Waals surface area (Å²) in [5.41, 5.74) is 1.71. The lowest BCUT2D eigenvalue weighted by atomic mass is 10.3. The van der Waals surface area contributed by atoms with Gasteiger partial charge < -0.3 is 4.52 Å². The largest absolute Gasteiger partial charge is 0.337 e. The second-order valence-corrected chi connectivity index (χ2v) is 5.24. The molecule has 20 heavy (non-hydrogen) atoms. The second kappa shape index (κ2) is 4.06. The molecule has 2 heterocycles. The Balaban J connectivity index is 1.77. The molecule has 0 unspecified atom stereocenters. The van der Waals surface area contributed by atoms with E-state index in [-0.39, 0.29) is 5.69 Å². The van der Waals surface area contributed by atoms with Gasteiger partial charge in [0.2, 0.25) is 5.89 Å². The predicted octanol–water partition coefficient (Wildman–Crippen LogP) is 1.65. The van der Waals surface area contributed by atoms with Crippen LogP contribution in [0.25, 0.3) is 11.0 Å². The van der Waals surface area contributed by atoms with E-state index in [2.05, 4.69) is 10.1 Å². The highest BCUT2D eigenvalue weighted by atomic mass is 16.5. The smallest absolute Gasteiger partial charge is 0.329 e. The molecule has 0 amide bonds. The van der Waals surface area contributed by atoms with Crippen LogP contribution in [-0.4, -0.2) is 19.3 Å². The lowest BCUT2D eigenvalue weighted by Crippen LogP contribution is -2.22. The first kappa shape index (κ1) is 11.5. The van der Waals surface area contributed by atoms with E-state index in [0.29, 0.717) is 18.4 Å². The van der Waals surface area contributed by atoms with Gasteiger partial charge in [0.1, 0.15) is 6.54 Å². The molecule has 102 valence electrons. The monoisotopic (exact) mass is 270 g/mol. The van der Waals surface area contributed by atoms with E-state index >= 15 is 0 Å². The summed E-state index contributed by atoms with van der Waals surface area (Å²) in [6.07, 6.45) is 2.26. The molecule has 4 rings (SSSR count). The van der Waals surface area contributed by atoms with Gasteiger partial charge in [-0.15, -0.1) is 0 Å². The third-order valence-electron chi connectivity index (χ3n) is 3.77. The zero-order chi connectivity index (χ0) is 13.7. The van der Waals surface area contributed by atoms with Crippen LogP contribution in [0.15, 0.2) is 33.6 Å². The molecule has 1 aliphatic rings. The summed E-state index contributed by atoms with van der Waals surface area (Å²) in [5, 5.41) is 3.98. The zero-order valence-corrected chi connectivity index (χ0v) is 11.1. The molecule has 6 nitrogen and oxygen atoms in total. The van der Waals surface area contributed by atoms with Crippen molar-refractivity contribution in [1.29, 1.82) is 0 Å². The highest BCUT2D eigenvalue weighted by Gasteiger charge is 2.28. The van der Waals surface area contributed by atoms with Crippen LogP contribution in [0, 0.1) is 0 Å². The highest BCUT2D eigenvalue weighted by Crippen LogP contribution is 2.38. The van der Waals surface area contributed by atoms with Crippen molar-refractivity contribution in [3.8, 4) is 0 Å². The van der Waals surface area contributed by atoms with Gasteiger partial charge in [0.15, 0.2) is 5.82 Å². The van der Waals surface area contributed by atoms with E-state index in [1.807, 2.05) is 24.3 Å².